The first-order valence-electron chi connectivity index (χ1n) is 8.54. The van der Waals surface area contributed by atoms with Crippen LogP contribution in [0, 0.1) is 5.92 Å². The lowest BCUT2D eigenvalue weighted by Crippen LogP contribution is -2.46. The molecule has 24 heavy (non-hydrogen) atoms. The Morgan fingerprint density at radius 1 is 1.33 bits per heavy atom. The zero-order valence-corrected chi connectivity index (χ0v) is 14.0. The molecule has 1 fully saturated rings. The third-order valence-corrected chi connectivity index (χ3v) is 4.72. The Kier molecular flexibility index (Phi) is 6.75. The van der Waals surface area contributed by atoms with Gasteiger partial charge in [0.1, 0.15) is 6.10 Å². The molecule has 132 valence electrons. The molecule has 1 unspecified atom stereocenters. The maximum absolute atomic E-state index is 12.8. The molecule has 6 nitrogen and oxygen atoms in total. The van der Waals surface area contributed by atoms with Crippen LogP contribution in [0.4, 0.5) is 0 Å². The molecule has 3 atom stereocenters. The van der Waals surface area contributed by atoms with Gasteiger partial charge in [0, 0.05) is 19.0 Å². The number of benzene rings is 1. The third kappa shape index (κ3) is 4.33. The summed E-state index contributed by atoms with van der Waals surface area (Å²) in [6.45, 7) is 3.20. The van der Waals surface area contributed by atoms with Crippen LogP contribution in [0.3, 0.4) is 0 Å². The van der Waals surface area contributed by atoms with Gasteiger partial charge < -0.3 is 10.0 Å². The Bertz CT molecular complexity index is 549. The van der Waals surface area contributed by atoms with Crippen molar-refractivity contribution in [3.05, 3.63) is 35.9 Å². The lowest BCUT2D eigenvalue weighted by molar-refractivity contribution is -0.150. The third-order valence-electron chi connectivity index (χ3n) is 4.72. The molecule has 0 radical (unpaired) electrons. The number of amides is 2. The fraction of sp³-hybridized carbons (Fsp3) is 0.556. The van der Waals surface area contributed by atoms with Crippen LogP contribution in [-0.2, 0) is 9.59 Å². The smallest absolute Gasteiger partial charge is 0.272 e. The molecule has 2 rings (SSSR count). The standard InChI is InChI=1S/C18H26N2O4/c1-2-3-9-15(16(21)17(22)19-24)18(23)20-11-10-14(12-20)13-7-5-4-6-8-13/h4-8,14-16,21,24H,2-3,9-12H2,1H3,(H,19,22)/t14?,15-,16+/m1/s1. The van der Waals surface area contributed by atoms with Crippen molar-refractivity contribution < 1.29 is 19.9 Å². The Morgan fingerprint density at radius 2 is 2.04 bits per heavy atom. The highest BCUT2D eigenvalue weighted by atomic mass is 16.5. The molecule has 1 saturated heterocycles. The van der Waals surface area contributed by atoms with Crippen molar-refractivity contribution in [3.8, 4) is 0 Å². The van der Waals surface area contributed by atoms with E-state index in [4.69, 9.17) is 5.21 Å². The normalized spacial score (nSPS) is 19.8. The number of unbranched alkanes of at least 4 members (excludes halogenated alkanes) is 1. The summed E-state index contributed by atoms with van der Waals surface area (Å²) in [5.41, 5.74) is 2.64. The van der Waals surface area contributed by atoms with E-state index in [1.165, 1.54) is 11.0 Å². The lowest BCUT2D eigenvalue weighted by Gasteiger charge is -2.26. The van der Waals surface area contributed by atoms with Crippen molar-refractivity contribution >= 4 is 11.8 Å². The molecule has 1 heterocycles. The summed E-state index contributed by atoms with van der Waals surface area (Å²) in [6.07, 6.45) is 1.38. The maximum atomic E-state index is 12.8. The van der Waals surface area contributed by atoms with Crippen molar-refractivity contribution in [2.75, 3.05) is 13.1 Å². The molecule has 0 bridgehead atoms. The minimum Gasteiger partial charge on any atom is -0.382 e. The highest BCUT2D eigenvalue weighted by Gasteiger charge is 2.37. The van der Waals surface area contributed by atoms with Crippen LogP contribution < -0.4 is 5.48 Å². The molecule has 0 aromatic heterocycles. The van der Waals surface area contributed by atoms with Crippen LogP contribution in [0.15, 0.2) is 30.3 Å². The van der Waals surface area contributed by atoms with E-state index in [0.29, 0.717) is 19.5 Å². The van der Waals surface area contributed by atoms with E-state index < -0.39 is 17.9 Å². The van der Waals surface area contributed by atoms with E-state index in [9.17, 15) is 14.7 Å². The predicted octanol–water partition coefficient (Wildman–Crippen LogP) is 1.68. The second-order valence-electron chi connectivity index (χ2n) is 6.35. The van der Waals surface area contributed by atoms with Crippen LogP contribution in [0.5, 0.6) is 0 Å². The van der Waals surface area contributed by atoms with Crippen LogP contribution >= 0.6 is 0 Å². The van der Waals surface area contributed by atoms with Gasteiger partial charge in [-0.15, -0.1) is 0 Å². The minimum atomic E-state index is -1.52. The van der Waals surface area contributed by atoms with Gasteiger partial charge >= 0.3 is 0 Å². The van der Waals surface area contributed by atoms with Crippen LogP contribution in [0.1, 0.15) is 44.1 Å². The summed E-state index contributed by atoms with van der Waals surface area (Å²) < 4.78 is 0. The molecule has 2 amide bonds. The Labute approximate surface area is 142 Å². The molecular formula is C18H26N2O4. The summed E-state index contributed by atoms with van der Waals surface area (Å²) in [6, 6.07) is 10.0. The van der Waals surface area contributed by atoms with Crippen LogP contribution in [0.2, 0.25) is 0 Å². The quantitative estimate of drug-likeness (QED) is 0.523. The van der Waals surface area contributed by atoms with E-state index in [1.54, 1.807) is 4.90 Å². The zero-order valence-electron chi connectivity index (χ0n) is 14.0. The van der Waals surface area contributed by atoms with Gasteiger partial charge in [0.05, 0.1) is 5.92 Å². The topological polar surface area (TPSA) is 89.9 Å². The Morgan fingerprint density at radius 3 is 2.67 bits per heavy atom. The summed E-state index contributed by atoms with van der Waals surface area (Å²) in [4.78, 5) is 26.1. The highest BCUT2D eigenvalue weighted by molar-refractivity contribution is 5.88. The monoisotopic (exact) mass is 334 g/mol. The van der Waals surface area contributed by atoms with E-state index in [0.717, 1.165) is 19.3 Å². The molecule has 0 aliphatic carbocycles. The number of rotatable bonds is 7. The van der Waals surface area contributed by atoms with E-state index in [-0.39, 0.29) is 11.8 Å². The summed E-state index contributed by atoms with van der Waals surface area (Å²) >= 11 is 0. The number of hydrogen-bond donors (Lipinski definition) is 3. The maximum Gasteiger partial charge on any atom is 0.272 e. The van der Waals surface area contributed by atoms with Crippen LogP contribution in [0.25, 0.3) is 0 Å². The Balaban J connectivity index is 2.05. The minimum absolute atomic E-state index is 0.210. The number of aliphatic hydroxyl groups excluding tert-OH is 1. The van der Waals surface area contributed by atoms with Gasteiger partial charge in [0.15, 0.2) is 0 Å². The summed E-state index contributed by atoms with van der Waals surface area (Å²) in [7, 11) is 0. The number of hydrogen-bond acceptors (Lipinski definition) is 4. The molecule has 1 aliphatic heterocycles. The average molecular weight is 334 g/mol. The fourth-order valence-corrected chi connectivity index (χ4v) is 3.28. The molecular weight excluding hydrogens is 308 g/mol. The van der Waals surface area contributed by atoms with Crippen molar-refractivity contribution in [1.29, 1.82) is 0 Å². The van der Waals surface area contributed by atoms with Crippen molar-refractivity contribution in [2.45, 2.75) is 44.6 Å². The molecule has 1 aromatic rings. The second-order valence-corrected chi connectivity index (χ2v) is 6.35. The first kappa shape index (κ1) is 18.4. The summed E-state index contributed by atoms with van der Waals surface area (Å²) in [5, 5.41) is 18.8. The summed E-state index contributed by atoms with van der Waals surface area (Å²) in [5.74, 6) is -1.67. The molecule has 0 spiro atoms. The van der Waals surface area contributed by atoms with Crippen LogP contribution in [-0.4, -0.2) is 46.2 Å². The molecule has 6 heteroatoms. The van der Waals surface area contributed by atoms with Gasteiger partial charge in [-0.05, 0) is 18.4 Å². The SMILES string of the molecule is CCCC[C@@H](C(=O)N1CCC(c2ccccc2)C1)[C@H](O)C(=O)NO. The van der Waals surface area contributed by atoms with Gasteiger partial charge in [-0.2, -0.15) is 0 Å². The molecule has 1 aromatic carbocycles. The molecule has 1 aliphatic rings. The van der Waals surface area contributed by atoms with E-state index >= 15 is 0 Å². The van der Waals surface area contributed by atoms with Crippen molar-refractivity contribution in [3.63, 3.8) is 0 Å². The van der Waals surface area contributed by atoms with E-state index in [1.807, 2.05) is 25.1 Å². The fourth-order valence-electron chi connectivity index (χ4n) is 3.28. The van der Waals surface area contributed by atoms with Crippen molar-refractivity contribution in [2.24, 2.45) is 5.92 Å². The van der Waals surface area contributed by atoms with Gasteiger partial charge in [0.2, 0.25) is 5.91 Å². The Hall–Kier alpha value is -1.92. The van der Waals surface area contributed by atoms with Gasteiger partial charge in [-0.1, -0.05) is 50.1 Å². The number of hydroxylamine groups is 1. The largest absolute Gasteiger partial charge is 0.382 e. The number of aliphatic hydroxyl groups is 1. The predicted molar refractivity (Wildman–Crippen MR) is 89.3 cm³/mol. The number of carbonyl (C=O) groups is 2. The number of carbonyl (C=O) groups excluding carboxylic acids is 2. The first-order chi connectivity index (χ1) is 11.6. The lowest BCUT2D eigenvalue weighted by atomic mass is 9.93. The molecule has 3 N–H and O–H groups in total. The zero-order chi connectivity index (χ0) is 17.5. The van der Waals surface area contributed by atoms with Gasteiger partial charge in [0.25, 0.3) is 5.91 Å². The van der Waals surface area contributed by atoms with Crippen molar-refractivity contribution in [1.82, 2.24) is 10.4 Å². The highest BCUT2D eigenvalue weighted by Crippen LogP contribution is 2.29. The molecule has 0 saturated carbocycles. The van der Waals surface area contributed by atoms with Gasteiger partial charge in [-0.3, -0.25) is 14.8 Å². The first-order valence-corrected chi connectivity index (χ1v) is 8.54. The number of nitrogens with one attached hydrogen (secondary N) is 1. The van der Waals surface area contributed by atoms with Gasteiger partial charge in [-0.25, -0.2) is 5.48 Å². The average Bonchev–Trinajstić information content (AvgIpc) is 3.11. The van der Waals surface area contributed by atoms with E-state index in [2.05, 4.69) is 12.1 Å². The second kappa shape index (κ2) is 8.80. The number of likely N-dealkylation sites (tertiary alicyclic amines) is 1. The number of nitrogens with zero attached hydrogens (tertiary/aromatic N) is 1.